The summed E-state index contributed by atoms with van der Waals surface area (Å²) in [6.45, 7) is 5.44. The molecule has 11 heteroatoms. The van der Waals surface area contributed by atoms with Crippen LogP contribution < -0.4 is 10.1 Å². The van der Waals surface area contributed by atoms with Gasteiger partial charge in [0.2, 0.25) is 5.82 Å². The third-order valence-corrected chi connectivity index (χ3v) is 6.66. The lowest BCUT2D eigenvalue weighted by Gasteiger charge is -2.30. The molecule has 1 aromatic carbocycles. The average molecular weight is 506 g/mol. The summed E-state index contributed by atoms with van der Waals surface area (Å²) in [7, 11) is 2.05. The van der Waals surface area contributed by atoms with Gasteiger partial charge in [-0.05, 0) is 58.5 Å². The van der Waals surface area contributed by atoms with Gasteiger partial charge in [0.15, 0.2) is 0 Å². The van der Waals surface area contributed by atoms with Gasteiger partial charge in [0.25, 0.3) is 5.91 Å². The van der Waals surface area contributed by atoms with Crippen molar-refractivity contribution < 1.29 is 22.7 Å². The quantitative estimate of drug-likeness (QED) is 0.514. The number of hydrogen-bond donors (Lipinski definition) is 1. The van der Waals surface area contributed by atoms with Crippen LogP contribution in [0.4, 0.5) is 13.2 Å². The van der Waals surface area contributed by atoms with Gasteiger partial charge in [0, 0.05) is 46.7 Å². The molecule has 4 rings (SSSR count). The van der Waals surface area contributed by atoms with Gasteiger partial charge in [-0.15, -0.1) is 11.3 Å². The first-order valence-corrected chi connectivity index (χ1v) is 12.0. The van der Waals surface area contributed by atoms with Gasteiger partial charge in [-0.1, -0.05) is 0 Å². The Labute approximate surface area is 205 Å². The number of carbonyl (C=O) groups excluding carboxylic acids is 1. The zero-order valence-corrected chi connectivity index (χ0v) is 20.4. The van der Waals surface area contributed by atoms with Crippen LogP contribution in [-0.4, -0.2) is 52.0 Å². The molecule has 1 fully saturated rings. The van der Waals surface area contributed by atoms with Gasteiger partial charge in [0.05, 0.1) is 6.04 Å². The molecule has 186 valence electrons. The highest BCUT2D eigenvalue weighted by molar-refractivity contribution is 7.14. The maximum absolute atomic E-state index is 13.1. The van der Waals surface area contributed by atoms with Crippen molar-refractivity contribution in [3.8, 4) is 16.3 Å². The number of amides is 1. The van der Waals surface area contributed by atoms with Gasteiger partial charge < -0.3 is 15.0 Å². The van der Waals surface area contributed by atoms with Crippen LogP contribution >= 0.6 is 11.3 Å². The highest BCUT2D eigenvalue weighted by Crippen LogP contribution is 2.31. The topological polar surface area (TPSA) is 80.2 Å². The normalized spacial score (nSPS) is 17.7. The van der Waals surface area contributed by atoms with E-state index in [4.69, 9.17) is 4.74 Å². The summed E-state index contributed by atoms with van der Waals surface area (Å²) in [4.78, 5) is 27.6. The molecule has 0 radical (unpaired) electrons. The van der Waals surface area contributed by atoms with Crippen molar-refractivity contribution in [3.63, 3.8) is 0 Å². The molecule has 7 nitrogen and oxygen atoms in total. The van der Waals surface area contributed by atoms with Crippen LogP contribution in [0.5, 0.6) is 5.75 Å². The van der Waals surface area contributed by atoms with E-state index in [-0.39, 0.29) is 6.10 Å². The summed E-state index contributed by atoms with van der Waals surface area (Å²) in [6.07, 6.45) is 1.28. The fraction of sp³-hybridized carbons (Fsp3) is 0.417. The number of rotatable bonds is 6. The van der Waals surface area contributed by atoms with E-state index in [2.05, 4.69) is 32.2 Å². The summed E-state index contributed by atoms with van der Waals surface area (Å²) >= 11 is 1.52. The number of aryl methyl sites for hydroxylation is 1. The zero-order valence-electron chi connectivity index (χ0n) is 19.6. The first kappa shape index (κ1) is 25.1. The Morgan fingerprint density at radius 3 is 2.57 bits per heavy atom. The van der Waals surface area contributed by atoms with Crippen molar-refractivity contribution >= 4 is 17.2 Å². The second-order valence-electron chi connectivity index (χ2n) is 8.70. The smallest absolute Gasteiger partial charge is 0.451 e. The fourth-order valence-corrected chi connectivity index (χ4v) is 4.64. The van der Waals surface area contributed by atoms with Crippen LogP contribution in [0.25, 0.3) is 10.6 Å². The lowest BCUT2D eigenvalue weighted by molar-refractivity contribution is -0.145. The van der Waals surface area contributed by atoms with E-state index in [1.54, 1.807) is 25.3 Å². The molecular weight excluding hydrogens is 479 g/mol. The molecule has 35 heavy (non-hydrogen) atoms. The number of nitrogens with one attached hydrogen (secondary N) is 1. The molecule has 1 aliphatic rings. The maximum atomic E-state index is 13.1. The number of likely N-dealkylation sites (N-methyl/N-ethyl adjacent to an activating group) is 1. The van der Waals surface area contributed by atoms with Gasteiger partial charge in [-0.25, -0.2) is 15.0 Å². The standard InChI is InChI=1S/C24H26F3N5O2S/c1-14-10-28-22(35-14)17-7-16(8-20(9-17)34-19-5-4-6-32(3)13-19)21(33)31-15(2)18-11-29-23(30-12-18)24(25,26)27/h7-12,15,19H,4-6,13H2,1-3H3,(H,31,33). The monoisotopic (exact) mass is 505 g/mol. The Bertz CT molecular complexity index is 1180. The van der Waals surface area contributed by atoms with Gasteiger partial charge in [0.1, 0.15) is 16.9 Å². The van der Waals surface area contributed by atoms with Crippen LogP contribution in [0.15, 0.2) is 36.8 Å². The van der Waals surface area contributed by atoms with Crippen LogP contribution in [0.2, 0.25) is 0 Å². The fourth-order valence-electron chi connectivity index (χ4n) is 3.89. The maximum Gasteiger partial charge on any atom is 0.451 e. The van der Waals surface area contributed by atoms with Crippen molar-refractivity contribution in [2.45, 2.75) is 45.0 Å². The van der Waals surface area contributed by atoms with E-state index in [1.807, 2.05) is 13.0 Å². The number of ether oxygens (including phenoxy) is 1. The molecule has 1 aliphatic heterocycles. The Hall–Kier alpha value is -3.05. The molecule has 2 unspecified atom stereocenters. The van der Waals surface area contributed by atoms with Crippen molar-refractivity contribution in [3.05, 3.63) is 58.6 Å². The Balaban J connectivity index is 1.56. The lowest BCUT2D eigenvalue weighted by atomic mass is 10.1. The number of piperidine rings is 1. The number of aromatic nitrogens is 3. The van der Waals surface area contributed by atoms with Crippen molar-refractivity contribution in [2.75, 3.05) is 20.1 Å². The third kappa shape index (κ3) is 6.34. The SMILES string of the molecule is Cc1cnc(-c2cc(OC3CCCN(C)C3)cc(C(=O)NC(C)c3cnc(C(F)(F)F)nc3)c2)s1. The van der Waals surface area contributed by atoms with Crippen LogP contribution in [0.3, 0.4) is 0 Å². The molecule has 3 heterocycles. The van der Waals surface area contributed by atoms with E-state index in [0.29, 0.717) is 16.9 Å². The first-order chi connectivity index (χ1) is 16.6. The minimum Gasteiger partial charge on any atom is -0.489 e. The second-order valence-corrected chi connectivity index (χ2v) is 9.93. The molecule has 0 bridgehead atoms. The Morgan fingerprint density at radius 1 is 1.20 bits per heavy atom. The predicted octanol–water partition coefficient (Wildman–Crippen LogP) is 4.89. The Kier molecular flexibility index (Phi) is 7.36. The first-order valence-electron chi connectivity index (χ1n) is 11.2. The van der Waals surface area contributed by atoms with Crippen molar-refractivity contribution in [2.24, 2.45) is 0 Å². The number of alkyl halides is 3. The summed E-state index contributed by atoms with van der Waals surface area (Å²) in [6, 6.07) is 4.70. The third-order valence-electron chi connectivity index (χ3n) is 5.69. The highest BCUT2D eigenvalue weighted by atomic mass is 32.1. The molecule has 1 amide bonds. The van der Waals surface area contributed by atoms with Crippen LogP contribution in [0, 0.1) is 6.92 Å². The van der Waals surface area contributed by atoms with E-state index in [1.165, 1.54) is 11.3 Å². The van der Waals surface area contributed by atoms with Crippen molar-refractivity contribution in [1.82, 2.24) is 25.2 Å². The largest absolute Gasteiger partial charge is 0.489 e. The summed E-state index contributed by atoms with van der Waals surface area (Å²) < 4.78 is 44.5. The van der Waals surface area contributed by atoms with E-state index in [9.17, 15) is 18.0 Å². The number of likely N-dealkylation sites (tertiary alicyclic amines) is 1. The van der Waals surface area contributed by atoms with Crippen molar-refractivity contribution in [1.29, 1.82) is 0 Å². The van der Waals surface area contributed by atoms with Gasteiger partial charge in [-0.3, -0.25) is 4.79 Å². The average Bonchev–Trinajstić information content (AvgIpc) is 3.25. The number of thiazole rings is 1. The van der Waals surface area contributed by atoms with Gasteiger partial charge in [-0.2, -0.15) is 13.2 Å². The van der Waals surface area contributed by atoms with Gasteiger partial charge >= 0.3 is 6.18 Å². The molecule has 0 saturated carbocycles. The predicted molar refractivity (Wildman–Crippen MR) is 126 cm³/mol. The summed E-state index contributed by atoms with van der Waals surface area (Å²) in [5.74, 6) is -1.04. The molecule has 0 spiro atoms. The van der Waals surface area contributed by atoms with E-state index < -0.39 is 23.9 Å². The second kappa shape index (κ2) is 10.3. The molecule has 2 aromatic heterocycles. The summed E-state index contributed by atoms with van der Waals surface area (Å²) in [5.41, 5.74) is 1.49. The van der Waals surface area contributed by atoms with E-state index >= 15 is 0 Å². The number of hydrogen-bond acceptors (Lipinski definition) is 7. The van der Waals surface area contributed by atoms with Crippen LogP contribution in [0.1, 0.15) is 52.4 Å². The molecule has 1 N–H and O–H groups in total. The molecule has 2 atom stereocenters. The zero-order chi connectivity index (χ0) is 25.2. The van der Waals surface area contributed by atoms with Crippen LogP contribution in [-0.2, 0) is 6.18 Å². The number of benzene rings is 1. The lowest BCUT2D eigenvalue weighted by Crippen LogP contribution is -2.38. The highest BCUT2D eigenvalue weighted by Gasteiger charge is 2.34. The molecular formula is C24H26F3N5O2S. The number of nitrogens with zero attached hydrogens (tertiary/aromatic N) is 4. The molecule has 1 saturated heterocycles. The molecule has 0 aliphatic carbocycles. The van der Waals surface area contributed by atoms with E-state index in [0.717, 1.165) is 53.8 Å². The molecule has 3 aromatic rings. The minimum absolute atomic E-state index is 0.0150. The number of carbonyl (C=O) groups is 1. The Morgan fingerprint density at radius 2 is 1.94 bits per heavy atom. The minimum atomic E-state index is -4.62. The number of halogens is 3. The summed E-state index contributed by atoms with van der Waals surface area (Å²) in [5, 5.41) is 3.58.